The van der Waals surface area contributed by atoms with Crippen LogP contribution in [0.4, 0.5) is 0 Å². The van der Waals surface area contributed by atoms with Crippen LogP contribution in [0, 0.1) is 5.92 Å². The molecule has 0 aliphatic heterocycles. The van der Waals surface area contributed by atoms with Gasteiger partial charge in [0.1, 0.15) is 0 Å². The van der Waals surface area contributed by atoms with E-state index in [0.717, 1.165) is 5.57 Å². The Hall–Kier alpha value is -1.22. The van der Waals surface area contributed by atoms with E-state index >= 15 is 0 Å². The molecule has 2 nitrogen and oxygen atoms in total. The Morgan fingerprint density at radius 1 is 0.950 bits per heavy atom. The molecule has 1 aromatic rings. The van der Waals surface area contributed by atoms with Crippen LogP contribution in [0.5, 0.6) is 0 Å². The summed E-state index contributed by atoms with van der Waals surface area (Å²) in [4.78, 5) is 0. The van der Waals surface area contributed by atoms with Crippen LogP contribution in [-0.2, 0) is 9.16 Å². The second-order valence-corrected chi connectivity index (χ2v) is 11.0. The van der Waals surface area contributed by atoms with E-state index in [4.69, 9.17) is 9.16 Å². The molecule has 0 N–H and O–H groups in total. The van der Waals surface area contributed by atoms with E-state index in [9.17, 15) is 0 Å². The molecule has 3 heteroatoms. The minimum atomic E-state index is -1.71. The van der Waals surface area contributed by atoms with Gasteiger partial charge < -0.3 is 9.16 Å². The summed E-state index contributed by atoms with van der Waals surface area (Å²) in [5.41, 5.74) is 2.33. The number of hydrogen-bond donors (Lipinski definition) is 0. The van der Waals surface area contributed by atoms with Gasteiger partial charge in [-0.3, -0.25) is 0 Å². The maximum Gasteiger partial charge on any atom is 0.269 e. The molecule has 0 saturated heterocycles. The molecule has 0 heterocycles. The average Bonchev–Trinajstić information content (AvgIpc) is 2.26. The lowest BCUT2D eigenvalue weighted by Crippen LogP contribution is -2.27. The summed E-state index contributed by atoms with van der Waals surface area (Å²) in [7, 11) is -1.71. The Kier molecular flexibility index (Phi) is 5.87. The summed E-state index contributed by atoms with van der Waals surface area (Å²) < 4.78 is 12.2. The van der Waals surface area contributed by atoms with Crippen LogP contribution in [0.2, 0.25) is 19.6 Å². The van der Waals surface area contributed by atoms with Gasteiger partial charge in [-0.15, -0.1) is 0 Å². The summed E-state index contributed by atoms with van der Waals surface area (Å²) in [6.07, 6.45) is 0.110. The highest BCUT2D eigenvalue weighted by Gasteiger charge is 2.24. The van der Waals surface area contributed by atoms with E-state index in [1.54, 1.807) is 0 Å². The van der Waals surface area contributed by atoms with Gasteiger partial charge in [0.05, 0.1) is 6.10 Å². The third-order valence-electron chi connectivity index (χ3n) is 2.62. The summed E-state index contributed by atoms with van der Waals surface area (Å²) in [6.45, 7) is 15.0. The van der Waals surface area contributed by atoms with Gasteiger partial charge in [-0.2, -0.15) is 0 Å². The molecule has 1 rings (SSSR count). The van der Waals surface area contributed by atoms with Crippen molar-refractivity contribution < 1.29 is 9.16 Å². The van der Waals surface area contributed by atoms with Crippen LogP contribution in [0.15, 0.2) is 36.3 Å². The van der Waals surface area contributed by atoms with Gasteiger partial charge in [-0.25, -0.2) is 0 Å². The van der Waals surface area contributed by atoms with Gasteiger partial charge >= 0.3 is 0 Å². The normalized spacial score (nSPS) is 13.4. The fourth-order valence-corrected chi connectivity index (χ4v) is 2.65. The topological polar surface area (TPSA) is 18.5 Å². The monoisotopic (exact) mass is 292 g/mol. The Balaban J connectivity index is 3.31. The van der Waals surface area contributed by atoms with Crippen molar-refractivity contribution in [1.29, 1.82) is 0 Å². The summed E-state index contributed by atoms with van der Waals surface area (Å²) >= 11 is 0. The fraction of sp³-hybridized carbons (Fsp3) is 0.529. The molecular formula is C17H28O2Si. The molecule has 0 bridgehead atoms. The van der Waals surface area contributed by atoms with Crippen molar-refractivity contribution in [1.82, 2.24) is 0 Å². The standard InChI is InChI=1S/C17H28O2Si/c1-13(2)16(15-11-9-8-10-12-15)17(18-14(3)4)19-20(5,6)7/h8-14H,1-7H3/b17-16-. The summed E-state index contributed by atoms with van der Waals surface area (Å²) in [6, 6.07) is 10.4. The van der Waals surface area contributed by atoms with Crippen LogP contribution in [0.25, 0.3) is 5.57 Å². The van der Waals surface area contributed by atoms with E-state index in [-0.39, 0.29) is 6.10 Å². The molecule has 0 saturated carbocycles. The number of hydrogen-bond acceptors (Lipinski definition) is 2. The fourth-order valence-electron chi connectivity index (χ4n) is 1.94. The van der Waals surface area contributed by atoms with Gasteiger partial charge in [0.2, 0.25) is 8.32 Å². The molecule has 0 amide bonds. The molecule has 20 heavy (non-hydrogen) atoms. The largest absolute Gasteiger partial charge is 0.519 e. The Morgan fingerprint density at radius 3 is 1.90 bits per heavy atom. The Bertz CT molecular complexity index is 442. The van der Waals surface area contributed by atoms with Crippen molar-refractivity contribution in [3.05, 3.63) is 41.8 Å². The molecule has 0 aliphatic rings. The van der Waals surface area contributed by atoms with Crippen molar-refractivity contribution in [2.24, 2.45) is 5.92 Å². The molecule has 112 valence electrons. The highest BCUT2D eigenvalue weighted by Crippen LogP contribution is 2.30. The first-order chi connectivity index (χ1) is 9.20. The van der Waals surface area contributed by atoms with Gasteiger partial charge in [0, 0.05) is 5.57 Å². The van der Waals surface area contributed by atoms with E-state index < -0.39 is 8.32 Å². The van der Waals surface area contributed by atoms with E-state index in [1.165, 1.54) is 5.56 Å². The van der Waals surface area contributed by atoms with Crippen molar-refractivity contribution in [3.8, 4) is 0 Å². The molecule has 0 atom stereocenters. The third-order valence-corrected chi connectivity index (χ3v) is 3.42. The minimum Gasteiger partial charge on any atom is -0.519 e. The Labute approximate surface area is 124 Å². The zero-order chi connectivity index (χ0) is 15.3. The van der Waals surface area contributed by atoms with Gasteiger partial charge in [-0.05, 0) is 45.0 Å². The SMILES string of the molecule is CC(C)O/C(O[Si](C)(C)C)=C(/c1ccccc1)C(C)C. The first-order valence-electron chi connectivity index (χ1n) is 7.36. The maximum atomic E-state index is 6.22. The quantitative estimate of drug-likeness (QED) is 0.524. The van der Waals surface area contributed by atoms with E-state index in [2.05, 4.69) is 57.8 Å². The lowest BCUT2D eigenvalue weighted by molar-refractivity contribution is 0.0610. The number of ether oxygens (including phenoxy) is 1. The molecule has 0 fully saturated rings. The second-order valence-electron chi connectivity index (χ2n) is 6.60. The lowest BCUT2D eigenvalue weighted by Gasteiger charge is -2.27. The molecule has 0 aromatic heterocycles. The highest BCUT2D eigenvalue weighted by atomic mass is 28.4. The summed E-state index contributed by atoms with van der Waals surface area (Å²) in [5.74, 6) is 1.06. The van der Waals surface area contributed by atoms with Gasteiger partial charge in [-0.1, -0.05) is 44.2 Å². The van der Waals surface area contributed by atoms with Crippen LogP contribution in [0.1, 0.15) is 33.3 Å². The molecule has 0 unspecified atom stereocenters. The van der Waals surface area contributed by atoms with Crippen LogP contribution in [0.3, 0.4) is 0 Å². The first kappa shape index (κ1) is 16.8. The van der Waals surface area contributed by atoms with Crippen molar-refractivity contribution in [2.75, 3.05) is 0 Å². The van der Waals surface area contributed by atoms with Gasteiger partial charge in [0.25, 0.3) is 5.95 Å². The lowest BCUT2D eigenvalue weighted by atomic mass is 9.96. The minimum absolute atomic E-state index is 0.110. The smallest absolute Gasteiger partial charge is 0.269 e. The van der Waals surface area contributed by atoms with E-state index in [0.29, 0.717) is 11.9 Å². The second kappa shape index (κ2) is 6.98. The van der Waals surface area contributed by atoms with E-state index in [1.807, 2.05) is 19.9 Å². The molecule has 1 aromatic carbocycles. The number of allylic oxidation sites excluding steroid dienone is 1. The predicted octanol–water partition coefficient (Wildman–Crippen LogP) is 5.29. The third kappa shape index (κ3) is 5.41. The average molecular weight is 292 g/mol. The molecular weight excluding hydrogens is 264 g/mol. The zero-order valence-electron chi connectivity index (χ0n) is 13.9. The van der Waals surface area contributed by atoms with Crippen molar-refractivity contribution in [2.45, 2.75) is 53.4 Å². The van der Waals surface area contributed by atoms with Crippen LogP contribution in [-0.4, -0.2) is 14.4 Å². The molecule has 0 spiro atoms. The number of benzene rings is 1. The number of rotatable bonds is 6. The van der Waals surface area contributed by atoms with Crippen molar-refractivity contribution >= 4 is 13.9 Å². The summed E-state index contributed by atoms with van der Waals surface area (Å²) in [5, 5.41) is 0. The maximum absolute atomic E-state index is 6.22. The zero-order valence-corrected chi connectivity index (χ0v) is 14.9. The van der Waals surface area contributed by atoms with Crippen LogP contribution >= 0.6 is 0 Å². The highest BCUT2D eigenvalue weighted by molar-refractivity contribution is 6.70. The Morgan fingerprint density at radius 2 is 1.50 bits per heavy atom. The molecule has 0 radical (unpaired) electrons. The van der Waals surface area contributed by atoms with Crippen molar-refractivity contribution in [3.63, 3.8) is 0 Å². The van der Waals surface area contributed by atoms with Gasteiger partial charge in [0.15, 0.2) is 0 Å². The van der Waals surface area contributed by atoms with Crippen LogP contribution < -0.4 is 0 Å². The predicted molar refractivity (Wildman–Crippen MR) is 88.9 cm³/mol. The molecule has 0 aliphatic carbocycles. The first-order valence-corrected chi connectivity index (χ1v) is 10.8.